The number of aromatic nitrogens is 2. The molecule has 1 aliphatic rings. The lowest BCUT2D eigenvalue weighted by Gasteiger charge is -2.22. The van der Waals surface area contributed by atoms with E-state index in [9.17, 15) is 5.26 Å². The molecule has 1 fully saturated rings. The fraction of sp³-hybridized carbons (Fsp3) is 0.667. The van der Waals surface area contributed by atoms with E-state index in [0.717, 1.165) is 24.1 Å². The Bertz CT molecular complexity index is 533. The Balaban J connectivity index is 2.08. The fourth-order valence-electron chi connectivity index (χ4n) is 2.53. The van der Waals surface area contributed by atoms with Gasteiger partial charge in [-0.15, -0.1) is 5.10 Å². The third-order valence-electron chi connectivity index (χ3n) is 3.73. The first-order valence-corrected chi connectivity index (χ1v) is 7.43. The van der Waals surface area contributed by atoms with Crippen LogP contribution in [0, 0.1) is 11.3 Å². The Kier molecular flexibility index (Phi) is 5.10. The summed E-state index contributed by atoms with van der Waals surface area (Å²) in [4.78, 5) is 0. The van der Waals surface area contributed by atoms with E-state index in [2.05, 4.69) is 21.6 Å². The van der Waals surface area contributed by atoms with Crippen LogP contribution in [0.4, 0.5) is 5.82 Å². The van der Waals surface area contributed by atoms with Gasteiger partial charge in [0.05, 0.1) is 18.9 Å². The second-order valence-corrected chi connectivity index (χ2v) is 5.18. The summed E-state index contributed by atoms with van der Waals surface area (Å²) >= 11 is 0. The molecule has 0 aliphatic carbocycles. The normalized spacial score (nSPS) is 16.7. The van der Waals surface area contributed by atoms with E-state index in [-0.39, 0.29) is 0 Å². The highest BCUT2D eigenvalue weighted by Crippen LogP contribution is 2.24. The van der Waals surface area contributed by atoms with Crippen LogP contribution in [0.25, 0.3) is 0 Å². The molecule has 2 heterocycles. The second kappa shape index (κ2) is 6.83. The van der Waals surface area contributed by atoms with Gasteiger partial charge in [-0.2, -0.15) is 10.4 Å². The van der Waals surface area contributed by atoms with Crippen molar-refractivity contribution in [3.05, 3.63) is 16.8 Å². The maximum absolute atomic E-state index is 9.40. The number of aryl methyl sites for hydroxylation is 1. The molecule has 114 valence electrons. The van der Waals surface area contributed by atoms with Gasteiger partial charge in [-0.25, -0.2) is 0 Å². The van der Waals surface area contributed by atoms with Crippen LogP contribution in [-0.2, 0) is 22.3 Å². The highest BCUT2D eigenvalue weighted by atomic mass is 16.7. The van der Waals surface area contributed by atoms with Gasteiger partial charge in [0, 0.05) is 13.0 Å². The maximum atomic E-state index is 9.40. The number of nitrogens with one attached hydrogen (secondary N) is 1. The number of rotatable bonds is 6. The van der Waals surface area contributed by atoms with Crippen LogP contribution in [-0.4, -0.2) is 35.7 Å². The van der Waals surface area contributed by atoms with Crippen molar-refractivity contribution in [2.24, 2.45) is 0 Å². The minimum absolute atomic E-state index is 0.538. The number of nitriles is 1. The SMILES string of the molecule is CCc1nnc(NCCC2(C)OCCO2)c(C#N)c1CC. The molecule has 6 nitrogen and oxygen atoms in total. The first-order valence-electron chi connectivity index (χ1n) is 7.43. The quantitative estimate of drug-likeness (QED) is 0.863. The smallest absolute Gasteiger partial charge is 0.167 e. The molecule has 0 spiro atoms. The molecule has 1 aliphatic heterocycles. The summed E-state index contributed by atoms with van der Waals surface area (Å²) in [6.07, 6.45) is 2.25. The molecule has 21 heavy (non-hydrogen) atoms. The van der Waals surface area contributed by atoms with Crippen molar-refractivity contribution in [1.29, 1.82) is 5.26 Å². The van der Waals surface area contributed by atoms with Crippen molar-refractivity contribution in [3.8, 4) is 6.07 Å². The van der Waals surface area contributed by atoms with Gasteiger partial charge in [0.25, 0.3) is 0 Å². The van der Waals surface area contributed by atoms with Crippen LogP contribution in [0.1, 0.15) is 44.0 Å². The van der Waals surface area contributed by atoms with Gasteiger partial charge in [0.2, 0.25) is 0 Å². The molecule has 1 aromatic rings. The lowest BCUT2D eigenvalue weighted by molar-refractivity contribution is -0.144. The molecule has 1 N–H and O–H groups in total. The molecule has 0 atom stereocenters. The van der Waals surface area contributed by atoms with E-state index in [1.54, 1.807) is 0 Å². The molecule has 0 bridgehead atoms. The average molecular weight is 290 g/mol. The molecular weight excluding hydrogens is 268 g/mol. The Labute approximate surface area is 125 Å². The predicted molar refractivity (Wildman–Crippen MR) is 78.9 cm³/mol. The van der Waals surface area contributed by atoms with Gasteiger partial charge in [-0.3, -0.25) is 0 Å². The van der Waals surface area contributed by atoms with E-state index in [0.29, 0.717) is 37.6 Å². The van der Waals surface area contributed by atoms with Crippen molar-refractivity contribution >= 4 is 5.82 Å². The standard InChI is InChI=1S/C15H22N4O2/c1-4-11-12(10-16)14(19-18-13(11)5-2)17-7-6-15(3)20-8-9-21-15/h4-9H2,1-3H3,(H,17,19). The topological polar surface area (TPSA) is 80.1 Å². The maximum Gasteiger partial charge on any atom is 0.167 e. The van der Waals surface area contributed by atoms with Gasteiger partial charge < -0.3 is 14.8 Å². The summed E-state index contributed by atoms with van der Waals surface area (Å²) < 4.78 is 11.1. The van der Waals surface area contributed by atoms with Crippen LogP contribution in [0.15, 0.2) is 0 Å². The lowest BCUT2D eigenvalue weighted by Crippen LogP contribution is -2.28. The highest BCUT2D eigenvalue weighted by molar-refractivity contribution is 5.56. The van der Waals surface area contributed by atoms with Crippen LogP contribution < -0.4 is 5.32 Å². The van der Waals surface area contributed by atoms with E-state index in [1.807, 2.05) is 20.8 Å². The van der Waals surface area contributed by atoms with Crippen molar-refractivity contribution in [2.45, 2.75) is 45.8 Å². The average Bonchev–Trinajstić information content (AvgIpc) is 2.93. The monoisotopic (exact) mass is 290 g/mol. The van der Waals surface area contributed by atoms with Crippen LogP contribution in [0.5, 0.6) is 0 Å². The second-order valence-electron chi connectivity index (χ2n) is 5.18. The summed E-state index contributed by atoms with van der Waals surface area (Å²) in [5, 5.41) is 21.0. The zero-order valence-corrected chi connectivity index (χ0v) is 12.9. The Morgan fingerprint density at radius 2 is 1.95 bits per heavy atom. The van der Waals surface area contributed by atoms with Crippen LogP contribution in [0.3, 0.4) is 0 Å². The van der Waals surface area contributed by atoms with Crippen LogP contribution >= 0.6 is 0 Å². The summed E-state index contributed by atoms with van der Waals surface area (Å²) in [5.74, 6) is 0.0117. The van der Waals surface area contributed by atoms with Gasteiger partial charge in [0.15, 0.2) is 11.6 Å². The first kappa shape index (κ1) is 15.7. The molecule has 0 unspecified atom stereocenters. The number of hydrogen-bond acceptors (Lipinski definition) is 6. The molecule has 0 radical (unpaired) electrons. The highest BCUT2D eigenvalue weighted by Gasteiger charge is 2.30. The summed E-state index contributed by atoms with van der Waals surface area (Å²) in [6.45, 7) is 7.86. The zero-order chi connectivity index (χ0) is 15.3. The van der Waals surface area contributed by atoms with Crippen molar-refractivity contribution in [1.82, 2.24) is 10.2 Å². The van der Waals surface area contributed by atoms with Crippen LogP contribution in [0.2, 0.25) is 0 Å². The van der Waals surface area contributed by atoms with Gasteiger partial charge in [-0.1, -0.05) is 13.8 Å². The molecule has 0 saturated carbocycles. The molecule has 2 rings (SSSR count). The number of ether oxygens (including phenoxy) is 2. The first-order chi connectivity index (χ1) is 10.1. The lowest BCUT2D eigenvalue weighted by atomic mass is 10.0. The summed E-state index contributed by atoms with van der Waals surface area (Å²) in [7, 11) is 0. The molecule has 6 heteroatoms. The molecule has 1 aromatic heterocycles. The minimum Gasteiger partial charge on any atom is -0.367 e. The van der Waals surface area contributed by atoms with E-state index >= 15 is 0 Å². The largest absolute Gasteiger partial charge is 0.367 e. The number of anilines is 1. The van der Waals surface area contributed by atoms with E-state index in [1.165, 1.54) is 0 Å². The van der Waals surface area contributed by atoms with Gasteiger partial charge in [-0.05, 0) is 25.3 Å². The third-order valence-corrected chi connectivity index (χ3v) is 3.73. The van der Waals surface area contributed by atoms with Crippen molar-refractivity contribution in [3.63, 3.8) is 0 Å². The Morgan fingerprint density at radius 3 is 2.52 bits per heavy atom. The molecule has 1 saturated heterocycles. The number of hydrogen-bond donors (Lipinski definition) is 1. The summed E-state index contributed by atoms with van der Waals surface area (Å²) in [6, 6.07) is 2.25. The molecule has 0 aromatic carbocycles. The Hall–Kier alpha value is -1.71. The molecule has 0 amide bonds. The van der Waals surface area contributed by atoms with Gasteiger partial charge in [0.1, 0.15) is 11.6 Å². The third kappa shape index (κ3) is 3.49. The van der Waals surface area contributed by atoms with Gasteiger partial charge >= 0.3 is 0 Å². The predicted octanol–water partition coefficient (Wildman–Crippen LogP) is 2.04. The van der Waals surface area contributed by atoms with E-state index < -0.39 is 5.79 Å². The minimum atomic E-state index is -0.538. The zero-order valence-electron chi connectivity index (χ0n) is 12.9. The molecular formula is C15H22N4O2. The summed E-state index contributed by atoms with van der Waals surface area (Å²) in [5.41, 5.74) is 2.48. The fourth-order valence-corrected chi connectivity index (χ4v) is 2.53. The Morgan fingerprint density at radius 1 is 1.24 bits per heavy atom. The van der Waals surface area contributed by atoms with Crippen molar-refractivity contribution in [2.75, 3.05) is 25.1 Å². The van der Waals surface area contributed by atoms with Crippen molar-refractivity contribution < 1.29 is 9.47 Å². The van der Waals surface area contributed by atoms with E-state index in [4.69, 9.17) is 9.47 Å². The number of nitrogens with zero attached hydrogens (tertiary/aromatic N) is 3.